The van der Waals surface area contributed by atoms with Crippen molar-refractivity contribution in [2.75, 3.05) is 7.11 Å². The molecule has 0 spiro atoms. The van der Waals surface area contributed by atoms with Crippen LogP contribution in [0.2, 0.25) is 0 Å². The van der Waals surface area contributed by atoms with E-state index in [2.05, 4.69) is 22.6 Å². The maximum Gasteiger partial charge on any atom is 0.196 e. The molecular weight excluding hydrogens is 395 g/mol. The Morgan fingerprint density at radius 2 is 1.95 bits per heavy atom. The molecule has 0 atom stereocenters. The number of phenols is 1. The minimum absolute atomic E-state index is 0.0523. The summed E-state index contributed by atoms with van der Waals surface area (Å²) >= 11 is 2.24. The van der Waals surface area contributed by atoms with Crippen molar-refractivity contribution in [1.82, 2.24) is 0 Å². The Bertz CT molecular complexity index is 882. The monoisotopic (exact) mass is 408 g/mol. The van der Waals surface area contributed by atoms with Gasteiger partial charge in [-0.05, 0) is 46.4 Å². The average Bonchev–Trinajstić information content (AvgIpc) is 2.52. The quantitative estimate of drug-likeness (QED) is 0.672. The van der Waals surface area contributed by atoms with Crippen LogP contribution in [0.1, 0.15) is 11.1 Å². The fourth-order valence-corrected chi connectivity index (χ4v) is 2.65. The van der Waals surface area contributed by atoms with Gasteiger partial charge in [0.15, 0.2) is 16.9 Å². The summed E-state index contributed by atoms with van der Waals surface area (Å²) < 4.78 is 11.7. The third kappa shape index (κ3) is 2.81. The molecule has 0 fully saturated rings. The Kier molecular flexibility index (Phi) is 4.06. The summed E-state index contributed by atoms with van der Waals surface area (Å²) in [4.78, 5) is 12.6. The van der Waals surface area contributed by atoms with E-state index in [1.165, 1.54) is 25.5 Å². The van der Waals surface area contributed by atoms with E-state index in [-0.39, 0.29) is 16.9 Å². The van der Waals surface area contributed by atoms with E-state index in [0.717, 1.165) is 9.13 Å². The third-order valence-electron chi connectivity index (χ3n) is 3.45. The fraction of sp³-hybridized carbons (Fsp3) is 0.118. The lowest BCUT2D eigenvalue weighted by Crippen LogP contribution is -2.09. The summed E-state index contributed by atoms with van der Waals surface area (Å²) in [7, 11) is 1.44. The van der Waals surface area contributed by atoms with Gasteiger partial charge in [0.1, 0.15) is 5.58 Å². The molecule has 4 nitrogen and oxygen atoms in total. The normalized spacial score (nSPS) is 10.8. The second-order valence-electron chi connectivity index (χ2n) is 4.91. The lowest BCUT2D eigenvalue weighted by molar-refractivity contribution is 0.373. The van der Waals surface area contributed by atoms with Gasteiger partial charge < -0.3 is 14.3 Å². The van der Waals surface area contributed by atoms with Crippen molar-refractivity contribution in [1.29, 1.82) is 0 Å². The summed E-state index contributed by atoms with van der Waals surface area (Å²) in [6.45, 7) is 0. The van der Waals surface area contributed by atoms with Crippen molar-refractivity contribution < 1.29 is 14.3 Å². The van der Waals surface area contributed by atoms with E-state index in [1.54, 1.807) is 0 Å². The van der Waals surface area contributed by atoms with Gasteiger partial charge in [-0.2, -0.15) is 0 Å². The predicted octanol–water partition coefficient (Wildman–Crippen LogP) is 3.70. The van der Waals surface area contributed by atoms with Gasteiger partial charge in [0.25, 0.3) is 0 Å². The van der Waals surface area contributed by atoms with Crippen LogP contribution in [0.3, 0.4) is 0 Å². The van der Waals surface area contributed by atoms with Crippen LogP contribution in [-0.2, 0) is 6.42 Å². The molecule has 22 heavy (non-hydrogen) atoms. The maximum absolute atomic E-state index is 12.6. The van der Waals surface area contributed by atoms with Crippen LogP contribution in [0.4, 0.5) is 0 Å². The summed E-state index contributed by atoms with van der Waals surface area (Å²) in [6, 6.07) is 10.9. The molecule has 0 unspecified atom stereocenters. The van der Waals surface area contributed by atoms with E-state index in [1.807, 2.05) is 24.3 Å². The first-order valence-electron chi connectivity index (χ1n) is 6.64. The molecule has 0 saturated heterocycles. The van der Waals surface area contributed by atoms with Crippen molar-refractivity contribution in [3.8, 4) is 11.5 Å². The fourth-order valence-electron chi connectivity index (χ4n) is 2.29. The van der Waals surface area contributed by atoms with E-state index in [0.29, 0.717) is 23.0 Å². The first-order valence-corrected chi connectivity index (χ1v) is 7.72. The van der Waals surface area contributed by atoms with Gasteiger partial charge in [-0.1, -0.05) is 12.1 Å². The van der Waals surface area contributed by atoms with Crippen LogP contribution < -0.4 is 10.2 Å². The zero-order valence-corrected chi connectivity index (χ0v) is 14.0. The lowest BCUT2D eigenvalue weighted by atomic mass is 10.0. The van der Waals surface area contributed by atoms with E-state index in [4.69, 9.17) is 9.15 Å². The number of ether oxygens (including phenoxy) is 1. The Labute approximate surface area is 140 Å². The largest absolute Gasteiger partial charge is 0.504 e. The summed E-state index contributed by atoms with van der Waals surface area (Å²) in [5.41, 5.74) is 1.84. The van der Waals surface area contributed by atoms with E-state index in [9.17, 15) is 9.90 Å². The van der Waals surface area contributed by atoms with Crippen molar-refractivity contribution in [2.45, 2.75) is 6.42 Å². The van der Waals surface area contributed by atoms with Crippen molar-refractivity contribution in [2.24, 2.45) is 0 Å². The molecule has 0 radical (unpaired) electrons. The highest BCUT2D eigenvalue weighted by Crippen LogP contribution is 2.30. The molecule has 0 aliphatic rings. The van der Waals surface area contributed by atoms with Crippen molar-refractivity contribution >= 4 is 33.6 Å². The summed E-state index contributed by atoms with van der Waals surface area (Å²) in [6.07, 6.45) is 1.95. The molecule has 3 rings (SSSR count). The highest BCUT2D eigenvalue weighted by atomic mass is 127. The molecule has 112 valence electrons. The topological polar surface area (TPSA) is 59.7 Å². The van der Waals surface area contributed by atoms with Crippen molar-refractivity contribution in [3.63, 3.8) is 0 Å². The number of hydrogen-bond donors (Lipinski definition) is 1. The standard InChI is InChI=1S/C17H13IO4/c1-21-16-7-13-15(8-14(16)19)22-9-11(17(13)20)6-10-2-4-12(18)5-3-10/h2-5,7-9,19H,6H2,1H3. The molecule has 5 heteroatoms. The van der Waals surface area contributed by atoms with Crippen LogP contribution >= 0.6 is 22.6 Å². The highest BCUT2D eigenvalue weighted by Gasteiger charge is 2.12. The number of aromatic hydroxyl groups is 1. The number of benzene rings is 2. The van der Waals surface area contributed by atoms with Crippen LogP contribution in [0.5, 0.6) is 11.5 Å². The van der Waals surface area contributed by atoms with Gasteiger partial charge in [0, 0.05) is 21.6 Å². The molecule has 0 aliphatic carbocycles. The van der Waals surface area contributed by atoms with E-state index >= 15 is 0 Å². The number of halogens is 1. The summed E-state index contributed by atoms with van der Waals surface area (Å²) in [5, 5.41) is 10.1. The molecule has 0 bridgehead atoms. The molecule has 2 aromatic carbocycles. The average molecular weight is 408 g/mol. The SMILES string of the molecule is COc1cc2c(=O)c(Cc3ccc(I)cc3)coc2cc1O. The Morgan fingerprint density at radius 1 is 1.23 bits per heavy atom. The third-order valence-corrected chi connectivity index (χ3v) is 4.17. The Hall–Kier alpha value is -2.02. The molecular formula is C17H13IO4. The van der Waals surface area contributed by atoms with Gasteiger partial charge in [-0.25, -0.2) is 0 Å². The van der Waals surface area contributed by atoms with Gasteiger partial charge >= 0.3 is 0 Å². The second-order valence-corrected chi connectivity index (χ2v) is 6.16. The smallest absolute Gasteiger partial charge is 0.196 e. The number of methoxy groups -OCH3 is 1. The number of phenolic OH excluding ortho intramolecular Hbond substituents is 1. The molecule has 1 aromatic heterocycles. The number of fused-ring (bicyclic) bond motifs is 1. The zero-order valence-electron chi connectivity index (χ0n) is 11.8. The lowest BCUT2D eigenvalue weighted by Gasteiger charge is -2.06. The number of rotatable bonds is 3. The Morgan fingerprint density at radius 3 is 2.64 bits per heavy atom. The van der Waals surface area contributed by atoms with Crippen LogP contribution in [0.25, 0.3) is 11.0 Å². The van der Waals surface area contributed by atoms with Gasteiger partial charge in [-0.15, -0.1) is 0 Å². The van der Waals surface area contributed by atoms with Gasteiger partial charge in [-0.3, -0.25) is 4.79 Å². The van der Waals surface area contributed by atoms with Crippen LogP contribution in [0.15, 0.2) is 51.9 Å². The van der Waals surface area contributed by atoms with Crippen LogP contribution in [0, 0.1) is 3.57 Å². The predicted molar refractivity (Wildman–Crippen MR) is 92.7 cm³/mol. The minimum atomic E-state index is -0.113. The molecule has 1 heterocycles. The van der Waals surface area contributed by atoms with E-state index < -0.39 is 0 Å². The Balaban J connectivity index is 2.07. The zero-order chi connectivity index (χ0) is 15.7. The van der Waals surface area contributed by atoms with Gasteiger partial charge in [0.2, 0.25) is 0 Å². The second kappa shape index (κ2) is 6.00. The molecule has 3 aromatic rings. The first kappa shape index (κ1) is 14.9. The first-order chi connectivity index (χ1) is 10.6. The highest BCUT2D eigenvalue weighted by molar-refractivity contribution is 14.1. The molecule has 0 amide bonds. The number of hydrogen-bond acceptors (Lipinski definition) is 4. The van der Waals surface area contributed by atoms with Crippen LogP contribution in [-0.4, -0.2) is 12.2 Å². The maximum atomic E-state index is 12.6. The van der Waals surface area contributed by atoms with Gasteiger partial charge in [0.05, 0.1) is 18.8 Å². The molecule has 0 saturated carbocycles. The molecule has 0 aliphatic heterocycles. The minimum Gasteiger partial charge on any atom is -0.504 e. The molecule has 1 N–H and O–H groups in total. The summed E-state index contributed by atoms with van der Waals surface area (Å²) in [5.74, 6) is 0.203. The van der Waals surface area contributed by atoms with Crippen molar-refractivity contribution in [3.05, 3.63) is 67.6 Å².